The summed E-state index contributed by atoms with van der Waals surface area (Å²) >= 11 is 0. The number of pyridine rings is 1. The Morgan fingerprint density at radius 3 is 2.74 bits per heavy atom. The van der Waals surface area contributed by atoms with Crippen molar-refractivity contribution in [3.05, 3.63) is 39.6 Å². The molecular formula is C12H15N3O4. The molecule has 1 heterocycles. The number of esters is 1. The number of carbonyl (C=O) groups excluding carboxylic acids is 1. The standard InChI is InChI=1S/C12H15N3O4/c1-8(2)6-7-13-11-10(15(17)18)5-4-9(14-11)12(16)19-3/h4-6H,7H2,1-3H3,(H,13,14). The SMILES string of the molecule is COC(=O)c1ccc([N+](=O)[O-])c(NCC=C(C)C)n1. The Balaban J connectivity index is 3.05. The number of aromatic nitrogens is 1. The number of ether oxygens (including phenoxy) is 1. The largest absolute Gasteiger partial charge is 0.464 e. The molecule has 0 fully saturated rings. The Labute approximate surface area is 110 Å². The summed E-state index contributed by atoms with van der Waals surface area (Å²) in [5, 5.41) is 13.7. The molecule has 0 saturated carbocycles. The molecule has 1 aromatic heterocycles. The monoisotopic (exact) mass is 265 g/mol. The molecule has 0 aliphatic heterocycles. The molecule has 0 atom stereocenters. The number of anilines is 1. The van der Waals surface area contributed by atoms with Gasteiger partial charge in [0.15, 0.2) is 5.69 Å². The van der Waals surface area contributed by atoms with Crippen molar-refractivity contribution in [2.24, 2.45) is 0 Å². The number of hydrogen-bond donors (Lipinski definition) is 1. The summed E-state index contributed by atoms with van der Waals surface area (Å²) in [6.07, 6.45) is 1.86. The minimum atomic E-state index is -0.639. The van der Waals surface area contributed by atoms with Gasteiger partial charge in [0.1, 0.15) is 0 Å². The first-order chi connectivity index (χ1) is 8.95. The zero-order valence-electron chi connectivity index (χ0n) is 11.0. The Bertz CT molecular complexity index is 522. The fourth-order valence-electron chi connectivity index (χ4n) is 1.30. The third-order valence-electron chi connectivity index (χ3n) is 2.24. The molecule has 0 amide bonds. The van der Waals surface area contributed by atoms with E-state index in [0.717, 1.165) is 5.57 Å². The van der Waals surface area contributed by atoms with Crippen molar-refractivity contribution in [2.45, 2.75) is 13.8 Å². The smallest absolute Gasteiger partial charge is 0.356 e. The lowest BCUT2D eigenvalue weighted by Gasteiger charge is -2.06. The van der Waals surface area contributed by atoms with Gasteiger partial charge < -0.3 is 10.1 Å². The second-order valence-corrected chi connectivity index (χ2v) is 3.98. The number of carbonyl (C=O) groups is 1. The minimum Gasteiger partial charge on any atom is -0.464 e. The zero-order chi connectivity index (χ0) is 14.4. The molecule has 0 aliphatic carbocycles. The number of allylic oxidation sites excluding steroid dienone is 1. The number of nitrogens with zero attached hydrogens (tertiary/aromatic N) is 2. The Hall–Kier alpha value is -2.44. The van der Waals surface area contributed by atoms with E-state index in [-0.39, 0.29) is 17.2 Å². The van der Waals surface area contributed by atoms with Crippen LogP contribution in [0.2, 0.25) is 0 Å². The summed E-state index contributed by atoms with van der Waals surface area (Å²) in [5.41, 5.74) is 0.905. The van der Waals surface area contributed by atoms with Gasteiger partial charge in [0, 0.05) is 12.6 Å². The second-order valence-electron chi connectivity index (χ2n) is 3.98. The van der Waals surface area contributed by atoms with Crippen LogP contribution in [0.15, 0.2) is 23.8 Å². The molecular weight excluding hydrogens is 250 g/mol. The zero-order valence-corrected chi connectivity index (χ0v) is 11.0. The molecule has 0 bridgehead atoms. The van der Waals surface area contributed by atoms with Gasteiger partial charge in [-0.3, -0.25) is 10.1 Å². The number of nitro groups is 1. The van der Waals surface area contributed by atoms with E-state index in [2.05, 4.69) is 15.0 Å². The fraction of sp³-hybridized carbons (Fsp3) is 0.333. The molecule has 1 aromatic rings. The topological polar surface area (TPSA) is 94.4 Å². The van der Waals surface area contributed by atoms with E-state index in [1.54, 1.807) is 0 Å². The Morgan fingerprint density at radius 1 is 1.53 bits per heavy atom. The first kappa shape index (κ1) is 14.6. The highest BCUT2D eigenvalue weighted by Crippen LogP contribution is 2.22. The molecule has 1 N–H and O–H groups in total. The van der Waals surface area contributed by atoms with Crippen molar-refractivity contribution in [1.29, 1.82) is 0 Å². The maximum absolute atomic E-state index is 11.3. The van der Waals surface area contributed by atoms with Crippen LogP contribution in [0.1, 0.15) is 24.3 Å². The molecule has 19 heavy (non-hydrogen) atoms. The van der Waals surface area contributed by atoms with Gasteiger partial charge in [-0.1, -0.05) is 11.6 Å². The van der Waals surface area contributed by atoms with Crippen LogP contribution >= 0.6 is 0 Å². The maximum Gasteiger partial charge on any atom is 0.356 e. The van der Waals surface area contributed by atoms with Crippen molar-refractivity contribution in [3.8, 4) is 0 Å². The first-order valence-electron chi connectivity index (χ1n) is 5.56. The van der Waals surface area contributed by atoms with Gasteiger partial charge in [0.2, 0.25) is 5.82 Å². The van der Waals surface area contributed by atoms with Crippen LogP contribution in [0.3, 0.4) is 0 Å². The van der Waals surface area contributed by atoms with E-state index in [0.29, 0.717) is 6.54 Å². The average Bonchev–Trinajstić information content (AvgIpc) is 2.37. The van der Waals surface area contributed by atoms with E-state index in [9.17, 15) is 14.9 Å². The van der Waals surface area contributed by atoms with Crippen LogP contribution in [0.5, 0.6) is 0 Å². The summed E-state index contributed by atoms with van der Waals surface area (Å²) in [7, 11) is 1.22. The number of nitrogens with one attached hydrogen (secondary N) is 1. The molecule has 102 valence electrons. The van der Waals surface area contributed by atoms with Crippen LogP contribution in [0, 0.1) is 10.1 Å². The molecule has 0 saturated heterocycles. The summed E-state index contributed by atoms with van der Waals surface area (Å²) in [4.78, 5) is 25.5. The highest BCUT2D eigenvalue weighted by molar-refractivity contribution is 5.88. The molecule has 0 aromatic carbocycles. The maximum atomic E-state index is 11.3. The molecule has 7 heteroatoms. The summed E-state index contributed by atoms with van der Waals surface area (Å²) < 4.78 is 4.52. The van der Waals surface area contributed by atoms with E-state index >= 15 is 0 Å². The van der Waals surface area contributed by atoms with Crippen molar-refractivity contribution < 1.29 is 14.5 Å². The number of rotatable bonds is 5. The second kappa shape index (κ2) is 6.48. The number of hydrogen-bond acceptors (Lipinski definition) is 6. The van der Waals surface area contributed by atoms with Crippen LogP contribution in [0.25, 0.3) is 0 Å². The van der Waals surface area contributed by atoms with Crippen molar-refractivity contribution in [1.82, 2.24) is 4.98 Å². The third-order valence-corrected chi connectivity index (χ3v) is 2.24. The molecule has 0 spiro atoms. The van der Waals surface area contributed by atoms with Gasteiger partial charge in [0.25, 0.3) is 0 Å². The average molecular weight is 265 g/mol. The molecule has 1 rings (SSSR count). The van der Waals surface area contributed by atoms with Crippen LogP contribution in [-0.4, -0.2) is 29.5 Å². The van der Waals surface area contributed by atoms with E-state index in [1.807, 2.05) is 19.9 Å². The normalized spacial score (nSPS) is 9.63. The van der Waals surface area contributed by atoms with Gasteiger partial charge in [-0.25, -0.2) is 9.78 Å². The summed E-state index contributed by atoms with van der Waals surface area (Å²) in [5.74, 6) is -0.592. The Morgan fingerprint density at radius 2 is 2.21 bits per heavy atom. The summed E-state index contributed by atoms with van der Waals surface area (Å²) in [6.45, 7) is 4.21. The third kappa shape index (κ3) is 4.06. The highest BCUT2D eigenvalue weighted by atomic mass is 16.6. The first-order valence-corrected chi connectivity index (χ1v) is 5.56. The lowest BCUT2D eigenvalue weighted by molar-refractivity contribution is -0.384. The van der Waals surface area contributed by atoms with Gasteiger partial charge in [-0.2, -0.15) is 0 Å². The van der Waals surface area contributed by atoms with Gasteiger partial charge in [-0.15, -0.1) is 0 Å². The minimum absolute atomic E-state index is 0.0211. The molecule has 0 aliphatic rings. The molecule has 0 unspecified atom stereocenters. The Kier molecular flexibility index (Phi) is 4.99. The van der Waals surface area contributed by atoms with Crippen LogP contribution in [0.4, 0.5) is 11.5 Å². The van der Waals surface area contributed by atoms with Crippen LogP contribution in [-0.2, 0) is 4.74 Å². The fourth-order valence-corrected chi connectivity index (χ4v) is 1.30. The lowest BCUT2D eigenvalue weighted by Crippen LogP contribution is -2.10. The van der Waals surface area contributed by atoms with Gasteiger partial charge in [0.05, 0.1) is 12.0 Å². The van der Waals surface area contributed by atoms with Crippen molar-refractivity contribution >= 4 is 17.5 Å². The lowest BCUT2D eigenvalue weighted by atomic mass is 10.3. The molecule has 7 nitrogen and oxygen atoms in total. The van der Waals surface area contributed by atoms with Crippen molar-refractivity contribution in [3.63, 3.8) is 0 Å². The highest BCUT2D eigenvalue weighted by Gasteiger charge is 2.18. The van der Waals surface area contributed by atoms with Gasteiger partial charge >= 0.3 is 11.7 Å². The van der Waals surface area contributed by atoms with Gasteiger partial charge in [-0.05, 0) is 19.9 Å². The predicted octanol–water partition coefficient (Wildman–Crippen LogP) is 2.15. The van der Waals surface area contributed by atoms with Crippen LogP contribution < -0.4 is 5.32 Å². The number of methoxy groups -OCH3 is 1. The van der Waals surface area contributed by atoms with E-state index in [1.165, 1.54) is 19.2 Å². The summed E-state index contributed by atoms with van der Waals surface area (Å²) in [6, 6.07) is 2.49. The van der Waals surface area contributed by atoms with E-state index < -0.39 is 10.9 Å². The predicted molar refractivity (Wildman–Crippen MR) is 70.2 cm³/mol. The van der Waals surface area contributed by atoms with E-state index in [4.69, 9.17) is 0 Å². The molecule has 0 radical (unpaired) electrons. The van der Waals surface area contributed by atoms with Crippen molar-refractivity contribution in [2.75, 3.05) is 19.0 Å². The quantitative estimate of drug-likeness (QED) is 0.379.